The molecule has 0 aromatic carbocycles. The zero-order valence-electron chi connectivity index (χ0n) is 14.7. The lowest BCUT2D eigenvalue weighted by Gasteiger charge is -2.27. The lowest BCUT2D eigenvalue weighted by molar-refractivity contribution is -0.130. The van der Waals surface area contributed by atoms with E-state index in [4.69, 9.17) is 0 Å². The molecule has 1 aliphatic rings. The molecular formula is C20H24N4O2. The van der Waals surface area contributed by atoms with Crippen LogP contribution in [0.25, 0.3) is 0 Å². The Bertz CT molecular complexity index is 660. The van der Waals surface area contributed by atoms with Crippen LogP contribution in [0.15, 0.2) is 49.1 Å². The number of rotatable bonds is 6. The molecule has 1 saturated carbocycles. The fourth-order valence-corrected chi connectivity index (χ4v) is 3.33. The minimum atomic E-state index is -0.0951. The first-order chi connectivity index (χ1) is 12.7. The summed E-state index contributed by atoms with van der Waals surface area (Å²) in [6.45, 7) is 0.994. The predicted molar refractivity (Wildman–Crippen MR) is 97.6 cm³/mol. The molecule has 3 rings (SSSR count). The first-order valence-corrected chi connectivity index (χ1v) is 9.05. The van der Waals surface area contributed by atoms with Crippen molar-refractivity contribution >= 4 is 11.8 Å². The van der Waals surface area contributed by atoms with Gasteiger partial charge < -0.3 is 10.6 Å². The van der Waals surface area contributed by atoms with Crippen molar-refractivity contribution in [2.75, 3.05) is 0 Å². The summed E-state index contributed by atoms with van der Waals surface area (Å²) in [6, 6.07) is 7.54. The highest BCUT2D eigenvalue weighted by atomic mass is 16.2. The Kier molecular flexibility index (Phi) is 6.30. The SMILES string of the molecule is O=C(NCc1ccncc1)[C@H]1CCC[C@H](C(=O)NCc2ccncc2)C1. The van der Waals surface area contributed by atoms with Crippen molar-refractivity contribution < 1.29 is 9.59 Å². The van der Waals surface area contributed by atoms with Gasteiger partial charge in [-0.25, -0.2) is 0 Å². The van der Waals surface area contributed by atoms with Crippen LogP contribution in [0.4, 0.5) is 0 Å². The molecular weight excluding hydrogens is 328 g/mol. The number of hydrogen-bond donors (Lipinski definition) is 2. The molecule has 2 heterocycles. The quantitative estimate of drug-likeness (QED) is 0.835. The monoisotopic (exact) mass is 352 g/mol. The summed E-state index contributed by atoms with van der Waals surface area (Å²) in [5.41, 5.74) is 2.05. The summed E-state index contributed by atoms with van der Waals surface area (Å²) in [5, 5.41) is 5.96. The van der Waals surface area contributed by atoms with Crippen LogP contribution in [0.5, 0.6) is 0 Å². The Morgan fingerprint density at radius 1 is 0.808 bits per heavy atom. The summed E-state index contributed by atoms with van der Waals surface area (Å²) in [5.74, 6) is -0.119. The zero-order valence-corrected chi connectivity index (χ0v) is 14.7. The molecule has 2 atom stereocenters. The number of nitrogens with one attached hydrogen (secondary N) is 2. The molecule has 6 nitrogen and oxygen atoms in total. The van der Waals surface area contributed by atoms with Gasteiger partial charge in [0.2, 0.25) is 11.8 Å². The summed E-state index contributed by atoms with van der Waals surface area (Å²) in [7, 11) is 0. The average molecular weight is 352 g/mol. The van der Waals surface area contributed by atoms with E-state index in [1.54, 1.807) is 24.8 Å². The molecule has 2 aromatic rings. The van der Waals surface area contributed by atoms with Crippen LogP contribution in [-0.4, -0.2) is 21.8 Å². The molecule has 26 heavy (non-hydrogen) atoms. The van der Waals surface area contributed by atoms with Gasteiger partial charge in [0.05, 0.1) is 0 Å². The van der Waals surface area contributed by atoms with Gasteiger partial charge in [0.15, 0.2) is 0 Å². The molecule has 0 spiro atoms. The summed E-state index contributed by atoms with van der Waals surface area (Å²) >= 11 is 0. The summed E-state index contributed by atoms with van der Waals surface area (Å²) < 4.78 is 0. The van der Waals surface area contributed by atoms with Gasteiger partial charge in [-0.15, -0.1) is 0 Å². The first-order valence-electron chi connectivity index (χ1n) is 9.05. The highest BCUT2D eigenvalue weighted by Crippen LogP contribution is 2.29. The van der Waals surface area contributed by atoms with Crippen LogP contribution in [0, 0.1) is 11.8 Å². The molecule has 0 radical (unpaired) electrons. The Hall–Kier alpha value is -2.76. The second-order valence-electron chi connectivity index (χ2n) is 6.71. The van der Waals surface area contributed by atoms with Gasteiger partial charge in [0.25, 0.3) is 0 Å². The normalized spacial score (nSPS) is 19.5. The summed E-state index contributed by atoms with van der Waals surface area (Å²) in [4.78, 5) is 32.8. The lowest BCUT2D eigenvalue weighted by Crippen LogP contribution is -2.38. The molecule has 0 bridgehead atoms. The molecule has 1 aliphatic carbocycles. The smallest absolute Gasteiger partial charge is 0.223 e. The van der Waals surface area contributed by atoms with Crippen LogP contribution in [-0.2, 0) is 22.7 Å². The van der Waals surface area contributed by atoms with E-state index < -0.39 is 0 Å². The minimum absolute atomic E-state index is 0.0356. The molecule has 136 valence electrons. The number of amides is 2. The van der Waals surface area contributed by atoms with Crippen molar-refractivity contribution in [3.63, 3.8) is 0 Å². The second-order valence-corrected chi connectivity index (χ2v) is 6.71. The van der Waals surface area contributed by atoms with E-state index in [1.807, 2.05) is 24.3 Å². The molecule has 0 saturated heterocycles. The minimum Gasteiger partial charge on any atom is -0.352 e. The number of carbonyl (C=O) groups is 2. The number of pyridine rings is 2. The van der Waals surface area contributed by atoms with Crippen LogP contribution in [0.3, 0.4) is 0 Å². The highest BCUT2D eigenvalue weighted by molar-refractivity contribution is 5.82. The molecule has 2 amide bonds. The average Bonchev–Trinajstić information content (AvgIpc) is 2.72. The number of nitrogens with zero attached hydrogens (tertiary/aromatic N) is 2. The third kappa shape index (κ3) is 5.12. The van der Waals surface area contributed by atoms with Gasteiger partial charge in [0, 0.05) is 49.7 Å². The van der Waals surface area contributed by atoms with Gasteiger partial charge in [-0.05, 0) is 54.7 Å². The van der Waals surface area contributed by atoms with E-state index >= 15 is 0 Å². The van der Waals surface area contributed by atoms with Crippen molar-refractivity contribution in [3.05, 3.63) is 60.2 Å². The number of aromatic nitrogens is 2. The fourth-order valence-electron chi connectivity index (χ4n) is 3.33. The highest BCUT2D eigenvalue weighted by Gasteiger charge is 2.30. The maximum Gasteiger partial charge on any atom is 0.223 e. The Labute approximate surface area is 153 Å². The van der Waals surface area contributed by atoms with E-state index in [0.717, 1.165) is 30.4 Å². The van der Waals surface area contributed by atoms with Gasteiger partial charge in [0.1, 0.15) is 0 Å². The summed E-state index contributed by atoms with van der Waals surface area (Å²) in [6.07, 6.45) is 10.1. The maximum atomic E-state index is 12.5. The third-order valence-electron chi connectivity index (χ3n) is 4.85. The van der Waals surface area contributed by atoms with Crippen LogP contribution < -0.4 is 10.6 Å². The van der Waals surface area contributed by atoms with Crippen molar-refractivity contribution in [1.29, 1.82) is 0 Å². The second kappa shape index (κ2) is 9.08. The molecule has 0 unspecified atom stereocenters. The van der Waals surface area contributed by atoms with Crippen LogP contribution in [0.2, 0.25) is 0 Å². The van der Waals surface area contributed by atoms with Crippen molar-refractivity contribution in [2.24, 2.45) is 11.8 Å². The van der Waals surface area contributed by atoms with Crippen molar-refractivity contribution in [2.45, 2.75) is 38.8 Å². The molecule has 6 heteroatoms. The lowest BCUT2D eigenvalue weighted by atomic mass is 9.80. The largest absolute Gasteiger partial charge is 0.352 e. The Morgan fingerprint density at radius 3 is 1.65 bits per heavy atom. The van der Waals surface area contributed by atoms with Gasteiger partial charge in [-0.1, -0.05) is 6.42 Å². The molecule has 2 aromatic heterocycles. The Morgan fingerprint density at radius 2 is 1.23 bits per heavy atom. The zero-order chi connectivity index (χ0) is 18.2. The van der Waals surface area contributed by atoms with E-state index in [0.29, 0.717) is 19.5 Å². The van der Waals surface area contributed by atoms with Crippen LogP contribution in [0.1, 0.15) is 36.8 Å². The van der Waals surface area contributed by atoms with E-state index in [9.17, 15) is 9.59 Å². The third-order valence-corrected chi connectivity index (χ3v) is 4.85. The van der Waals surface area contributed by atoms with E-state index in [-0.39, 0.29) is 23.7 Å². The first kappa shape index (κ1) is 18.0. The van der Waals surface area contributed by atoms with Gasteiger partial charge in [-0.2, -0.15) is 0 Å². The molecule has 0 aliphatic heterocycles. The van der Waals surface area contributed by atoms with Gasteiger partial charge in [-0.3, -0.25) is 19.6 Å². The number of hydrogen-bond acceptors (Lipinski definition) is 4. The molecule has 2 N–H and O–H groups in total. The predicted octanol–water partition coefficient (Wildman–Crippen LogP) is 2.22. The fraction of sp³-hybridized carbons (Fsp3) is 0.400. The van der Waals surface area contributed by atoms with Crippen molar-refractivity contribution in [3.8, 4) is 0 Å². The topological polar surface area (TPSA) is 84.0 Å². The van der Waals surface area contributed by atoms with Gasteiger partial charge >= 0.3 is 0 Å². The maximum absolute atomic E-state index is 12.5. The standard InChI is InChI=1S/C20H24N4O2/c25-19(23-13-15-4-8-21-9-5-15)17-2-1-3-18(12-17)20(26)24-14-16-6-10-22-11-7-16/h4-11,17-18H,1-3,12-14H2,(H,23,25)(H,24,26)/t17-,18-/m0/s1. The van der Waals surface area contributed by atoms with Crippen LogP contribution >= 0.6 is 0 Å². The van der Waals surface area contributed by atoms with E-state index in [1.165, 1.54) is 0 Å². The van der Waals surface area contributed by atoms with E-state index in [2.05, 4.69) is 20.6 Å². The Balaban J connectivity index is 1.47. The number of carbonyl (C=O) groups excluding carboxylic acids is 2. The van der Waals surface area contributed by atoms with Crippen molar-refractivity contribution in [1.82, 2.24) is 20.6 Å². The molecule has 1 fully saturated rings.